The summed E-state index contributed by atoms with van der Waals surface area (Å²) in [4.78, 5) is 12.1. The summed E-state index contributed by atoms with van der Waals surface area (Å²) in [6.45, 7) is 6.61. The molecule has 0 spiro atoms. The van der Waals surface area contributed by atoms with Crippen molar-refractivity contribution in [2.24, 2.45) is 17.8 Å². The van der Waals surface area contributed by atoms with Crippen molar-refractivity contribution in [1.82, 2.24) is 0 Å². The molecule has 1 aliphatic carbocycles. The molecule has 122 valence electrons. The van der Waals surface area contributed by atoms with Gasteiger partial charge in [-0.2, -0.15) is 4.73 Å². The maximum atomic E-state index is 12.1. The average molecular weight is 323 g/mol. The van der Waals surface area contributed by atoms with Crippen LogP contribution in [0.4, 0.5) is 0 Å². The first-order valence-corrected chi connectivity index (χ1v) is 8.96. The number of aromatic nitrogens is 1. The molecule has 0 amide bonds. The van der Waals surface area contributed by atoms with Gasteiger partial charge in [-0.3, -0.25) is 4.79 Å². The van der Waals surface area contributed by atoms with Gasteiger partial charge in [0, 0.05) is 12.1 Å². The highest BCUT2D eigenvalue weighted by Crippen LogP contribution is 2.35. The zero-order valence-electron chi connectivity index (χ0n) is 13.5. The van der Waals surface area contributed by atoms with Crippen LogP contribution in [0, 0.1) is 23.0 Å². The fraction of sp³-hybridized carbons (Fsp3) is 0.647. The molecule has 4 nitrogen and oxygen atoms in total. The van der Waals surface area contributed by atoms with Crippen molar-refractivity contribution in [3.05, 3.63) is 29.6 Å². The molecule has 1 saturated carbocycles. The van der Waals surface area contributed by atoms with Crippen LogP contribution in [-0.4, -0.2) is 17.8 Å². The minimum Gasteiger partial charge on any atom is -0.618 e. The van der Waals surface area contributed by atoms with Crippen molar-refractivity contribution in [3.63, 3.8) is 0 Å². The zero-order valence-corrected chi connectivity index (χ0v) is 14.3. The Bertz CT molecular complexity index is 506. The lowest BCUT2D eigenvalue weighted by Gasteiger charge is -2.36. The molecule has 0 radical (unpaired) electrons. The first-order valence-electron chi connectivity index (χ1n) is 7.98. The van der Waals surface area contributed by atoms with Crippen LogP contribution in [0.2, 0.25) is 0 Å². The third-order valence-electron chi connectivity index (χ3n) is 4.37. The highest BCUT2D eigenvalue weighted by Gasteiger charge is 2.33. The molecular formula is C17H25NO3S. The van der Waals surface area contributed by atoms with Gasteiger partial charge in [-0.05, 0) is 48.4 Å². The number of carbonyl (C=O) groups is 1. The second kappa shape index (κ2) is 7.86. The van der Waals surface area contributed by atoms with Gasteiger partial charge in [-0.15, -0.1) is 0 Å². The molecular weight excluding hydrogens is 298 g/mol. The fourth-order valence-electron chi connectivity index (χ4n) is 3.11. The van der Waals surface area contributed by atoms with E-state index in [-0.39, 0.29) is 17.8 Å². The highest BCUT2D eigenvalue weighted by atomic mass is 32.2. The van der Waals surface area contributed by atoms with Gasteiger partial charge in [0.1, 0.15) is 11.9 Å². The summed E-state index contributed by atoms with van der Waals surface area (Å²) >= 11 is 1.23. The Kier molecular flexibility index (Phi) is 6.12. The third kappa shape index (κ3) is 4.63. The Morgan fingerprint density at radius 2 is 2.23 bits per heavy atom. The monoisotopic (exact) mass is 323 g/mol. The molecule has 0 aromatic carbocycles. The van der Waals surface area contributed by atoms with Gasteiger partial charge in [0.25, 0.3) is 5.03 Å². The Morgan fingerprint density at radius 3 is 2.91 bits per heavy atom. The number of hydrogen-bond donors (Lipinski definition) is 0. The lowest BCUT2D eigenvalue weighted by atomic mass is 9.75. The van der Waals surface area contributed by atoms with E-state index >= 15 is 0 Å². The first-order chi connectivity index (χ1) is 10.5. The predicted octanol–water partition coefficient (Wildman–Crippen LogP) is 3.42. The maximum Gasteiger partial charge on any atom is 0.316 e. The maximum absolute atomic E-state index is 12.1. The van der Waals surface area contributed by atoms with E-state index in [0.717, 1.165) is 17.6 Å². The number of rotatable bonds is 5. The Labute approximate surface area is 136 Å². The van der Waals surface area contributed by atoms with Crippen LogP contribution in [0.15, 0.2) is 29.4 Å². The lowest BCUT2D eigenvalue weighted by Crippen LogP contribution is -2.36. The van der Waals surface area contributed by atoms with Gasteiger partial charge in [-0.25, -0.2) is 0 Å². The van der Waals surface area contributed by atoms with Crippen LogP contribution in [0.3, 0.4) is 0 Å². The van der Waals surface area contributed by atoms with Crippen LogP contribution in [0.1, 0.15) is 40.0 Å². The van der Waals surface area contributed by atoms with Crippen molar-refractivity contribution in [2.75, 3.05) is 5.75 Å². The third-order valence-corrected chi connectivity index (χ3v) is 5.36. The SMILES string of the molecule is CC(C)[C@@H]1CC[C@@H](C)C[C@@H]1OC(=O)CSc1cccc[n+]1[O-]. The molecule has 0 N–H and O–H groups in total. The lowest BCUT2D eigenvalue weighted by molar-refractivity contribution is -0.645. The van der Waals surface area contributed by atoms with Gasteiger partial charge in [0.2, 0.25) is 0 Å². The smallest absolute Gasteiger partial charge is 0.316 e. The van der Waals surface area contributed by atoms with Crippen LogP contribution in [-0.2, 0) is 9.53 Å². The van der Waals surface area contributed by atoms with E-state index in [2.05, 4.69) is 20.8 Å². The number of ether oxygens (including phenoxy) is 1. The van der Waals surface area contributed by atoms with Crippen molar-refractivity contribution in [1.29, 1.82) is 0 Å². The highest BCUT2D eigenvalue weighted by molar-refractivity contribution is 7.99. The molecule has 0 unspecified atom stereocenters. The minimum absolute atomic E-state index is 0.0204. The van der Waals surface area contributed by atoms with E-state index in [1.807, 2.05) is 0 Å². The van der Waals surface area contributed by atoms with Gasteiger partial charge in [0.05, 0.1) is 0 Å². The zero-order chi connectivity index (χ0) is 16.1. The molecule has 0 bridgehead atoms. The van der Waals surface area contributed by atoms with Gasteiger partial charge >= 0.3 is 5.97 Å². The number of nitrogens with zero attached hydrogens (tertiary/aromatic N) is 1. The molecule has 22 heavy (non-hydrogen) atoms. The van der Waals surface area contributed by atoms with Crippen molar-refractivity contribution < 1.29 is 14.3 Å². The average Bonchev–Trinajstić information content (AvgIpc) is 2.46. The molecule has 1 heterocycles. The topological polar surface area (TPSA) is 53.2 Å². The summed E-state index contributed by atoms with van der Waals surface area (Å²) in [7, 11) is 0. The number of pyridine rings is 1. The molecule has 1 aromatic rings. The molecule has 1 aliphatic rings. The summed E-state index contributed by atoms with van der Waals surface area (Å²) in [5.74, 6) is 1.54. The summed E-state index contributed by atoms with van der Waals surface area (Å²) < 4.78 is 6.50. The van der Waals surface area contributed by atoms with Crippen molar-refractivity contribution in [2.45, 2.75) is 51.2 Å². The summed E-state index contributed by atoms with van der Waals surface area (Å²) in [6.07, 6.45) is 4.75. The van der Waals surface area contributed by atoms with Crippen LogP contribution < -0.4 is 4.73 Å². The quantitative estimate of drug-likeness (QED) is 0.361. The second-order valence-electron chi connectivity index (χ2n) is 6.51. The molecule has 1 aromatic heterocycles. The van der Waals surface area contributed by atoms with E-state index in [1.54, 1.807) is 18.2 Å². The number of hydrogen-bond acceptors (Lipinski definition) is 4. The molecule has 3 atom stereocenters. The van der Waals surface area contributed by atoms with E-state index in [4.69, 9.17) is 4.74 Å². The first kappa shape index (κ1) is 17.1. The molecule has 0 saturated heterocycles. The summed E-state index contributed by atoms with van der Waals surface area (Å²) in [5.41, 5.74) is 0. The Balaban J connectivity index is 1.88. The molecule has 0 aliphatic heterocycles. The van der Waals surface area contributed by atoms with Crippen LogP contribution in [0.25, 0.3) is 0 Å². The predicted molar refractivity (Wildman–Crippen MR) is 87.3 cm³/mol. The van der Waals surface area contributed by atoms with Crippen LogP contribution in [0.5, 0.6) is 0 Å². The van der Waals surface area contributed by atoms with Gasteiger partial charge in [-0.1, -0.05) is 27.2 Å². The van der Waals surface area contributed by atoms with Crippen LogP contribution >= 0.6 is 11.8 Å². The fourth-order valence-corrected chi connectivity index (χ4v) is 3.81. The van der Waals surface area contributed by atoms with E-state index in [0.29, 0.717) is 22.8 Å². The van der Waals surface area contributed by atoms with E-state index in [9.17, 15) is 10.0 Å². The molecule has 2 rings (SSSR count). The molecule has 5 heteroatoms. The minimum atomic E-state index is -0.224. The van der Waals surface area contributed by atoms with Crippen molar-refractivity contribution in [3.8, 4) is 0 Å². The van der Waals surface area contributed by atoms with Crippen molar-refractivity contribution >= 4 is 17.7 Å². The second-order valence-corrected chi connectivity index (χ2v) is 7.50. The van der Waals surface area contributed by atoms with E-state index in [1.165, 1.54) is 24.4 Å². The Morgan fingerprint density at radius 1 is 1.45 bits per heavy atom. The largest absolute Gasteiger partial charge is 0.618 e. The van der Waals surface area contributed by atoms with Gasteiger partial charge < -0.3 is 9.94 Å². The van der Waals surface area contributed by atoms with Gasteiger partial charge in [0.15, 0.2) is 6.20 Å². The normalized spacial score (nSPS) is 25.2. The number of carbonyl (C=O) groups excluding carboxylic acids is 1. The standard InChI is InChI=1S/C17H25NO3S/c1-12(2)14-8-7-13(3)10-15(14)21-17(19)11-22-16-6-4-5-9-18(16)20/h4-6,9,12-15H,7-8,10-11H2,1-3H3/t13-,14+,15+/m1/s1. The summed E-state index contributed by atoms with van der Waals surface area (Å²) in [6, 6.07) is 5.18. The molecule has 1 fully saturated rings. The number of esters is 1. The van der Waals surface area contributed by atoms with E-state index < -0.39 is 0 Å². The summed E-state index contributed by atoms with van der Waals surface area (Å²) in [5, 5.41) is 12.1. The Hall–Kier alpha value is -1.23. The number of thioether (sulfide) groups is 1.